The molecule has 1 amide bonds. The molecule has 1 aliphatic heterocycles. The van der Waals surface area contributed by atoms with Gasteiger partial charge in [-0.25, -0.2) is 4.79 Å². The second-order valence-electron chi connectivity index (χ2n) is 8.00. The second kappa shape index (κ2) is 8.78. The van der Waals surface area contributed by atoms with E-state index in [1.807, 2.05) is 35.2 Å². The number of rotatable bonds is 5. The number of amides is 1. The SMILES string of the molecule is Cc1ccc(C2C[C@@H](OC3CCC3)CCN2C(=O)OCc2ccccc2)cc1. The summed E-state index contributed by atoms with van der Waals surface area (Å²) in [6.07, 6.45) is 5.73. The summed E-state index contributed by atoms with van der Waals surface area (Å²) in [5.74, 6) is 0. The molecule has 0 spiro atoms. The van der Waals surface area contributed by atoms with Crippen LogP contribution in [-0.2, 0) is 16.1 Å². The molecule has 2 atom stereocenters. The molecule has 1 unspecified atom stereocenters. The number of carbonyl (C=O) groups is 1. The Hall–Kier alpha value is -2.33. The van der Waals surface area contributed by atoms with Crippen molar-refractivity contribution in [3.05, 3.63) is 71.3 Å². The van der Waals surface area contributed by atoms with Gasteiger partial charge < -0.3 is 14.4 Å². The molecule has 2 aliphatic rings. The Kier molecular flexibility index (Phi) is 5.96. The standard InChI is InChI=1S/C24H29NO3/c1-18-10-12-20(13-11-18)23-16-22(28-21-8-5-9-21)14-15-25(23)24(26)27-17-19-6-3-2-4-7-19/h2-4,6-7,10-13,21-23H,5,8-9,14-17H2,1H3/t22-,23?/m0/s1. The summed E-state index contributed by atoms with van der Waals surface area (Å²) in [6, 6.07) is 18.3. The third-order valence-corrected chi connectivity index (χ3v) is 5.89. The molecule has 4 heteroatoms. The molecule has 2 aromatic rings. The van der Waals surface area contributed by atoms with Crippen molar-refractivity contribution in [1.29, 1.82) is 0 Å². The van der Waals surface area contributed by atoms with Gasteiger partial charge in [0.1, 0.15) is 6.61 Å². The van der Waals surface area contributed by atoms with Gasteiger partial charge in [-0.3, -0.25) is 0 Å². The van der Waals surface area contributed by atoms with Crippen LogP contribution in [0.5, 0.6) is 0 Å². The Balaban J connectivity index is 1.45. The molecule has 28 heavy (non-hydrogen) atoms. The normalized spacial score (nSPS) is 22.5. The van der Waals surface area contributed by atoms with Crippen molar-refractivity contribution in [2.24, 2.45) is 0 Å². The monoisotopic (exact) mass is 379 g/mol. The largest absolute Gasteiger partial charge is 0.445 e. The van der Waals surface area contributed by atoms with Crippen LogP contribution in [-0.4, -0.2) is 29.7 Å². The summed E-state index contributed by atoms with van der Waals surface area (Å²) in [5, 5.41) is 0. The maximum atomic E-state index is 12.9. The van der Waals surface area contributed by atoms with Crippen molar-refractivity contribution in [1.82, 2.24) is 4.90 Å². The minimum atomic E-state index is -0.239. The topological polar surface area (TPSA) is 38.8 Å². The fourth-order valence-corrected chi connectivity index (χ4v) is 3.96. The molecule has 1 heterocycles. The number of hydrogen-bond donors (Lipinski definition) is 0. The number of piperidine rings is 1. The van der Waals surface area contributed by atoms with E-state index in [0.717, 1.165) is 24.0 Å². The van der Waals surface area contributed by atoms with Crippen LogP contribution in [0, 0.1) is 6.92 Å². The molecule has 0 aromatic heterocycles. The first-order valence-corrected chi connectivity index (χ1v) is 10.4. The van der Waals surface area contributed by atoms with Crippen molar-refractivity contribution in [2.75, 3.05) is 6.54 Å². The summed E-state index contributed by atoms with van der Waals surface area (Å²) >= 11 is 0. The van der Waals surface area contributed by atoms with Crippen LogP contribution in [0.2, 0.25) is 0 Å². The summed E-state index contributed by atoms with van der Waals surface area (Å²) in [7, 11) is 0. The fourth-order valence-electron chi connectivity index (χ4n) is 3.96. The van der Waals surface area contributed by atoms with Gasteiger partial charge in [-0.15, -0.1) is 0 Å². The lowest BCUT2D eigenvalue weighted by Gasteiger charge is -2.41. The first kappa shape index (κ1) is 19.0. The predicted molar refractivity (Wildman–Crippen MR) is 109 cm³/mol. The average Bonchev–Trinajstić information content (AvgIpc) is 2.70. The van der Waals surface area contributed by atoms with Gasteiger partial charge in [0.15, 0.2) is 0 Å². The van der Waals surface area contributed by atoms with E-state index in [1.165, 1.54) is 24.8 Å². The van der Waals surface area contributed by atoms with Crippen molar-refractivity contribution in [2.45, 2.75) is 63.9 Å². The summed E-state index contributed by atoms with van der Waals surface area (Å²) < 4.78 is 11.9. The van der Waals surface area contributed by atoms with Crippen molar-refractivity contribution in [3.63, 3.8) is 0 Å². The Morgan fingerprint density at radius 1 is 1.00 bits per heavy atom. The fraction of sp³-hybridized carbons (Fsp3) is 0.458. The van der Waals surface area contributed by atoms with Crippen LogP contribution in [0.25, 0.3) is 0 Å². The molecule has 148 valence electrons. The number of likely N-dealkylation sites (tertiary alicyclic amines) is 1. The highest BCUT2D eigenvalue weighted by Crippen LogP contribution is 2.35. The zero-order chi connectivity index (χ0) is 19.3. The minimum Gasteiger partial charge on any atom is -0.445 e. The van der Waals surface area contributed by atoms with Gasteiger partial charge in [0, 0.05) is 6.54 Å². The highest BCUT2D eigenvalue weighted by atomic mass is 16.6. The van der Waals surface area contributed by atoms with Crippen LogP contribution in [0.3, 0.4) is 0 Å². The van der Waals surface area contributed by atoms with E-state index >= 15 is 0 Å². The van der Waals surface area contributed by atoms with Gasteiger partial charge in [-0.05, 0) is 50.2 Å². The molecule has 2 fully saturated rings. The maximum Gasteiger partial charge on any atom is 0.410 e. The molecule has 0 radical (unpaired) electrons. The van der Waals surface area contributed by atoms with Gasteiger partial charge in [0.05, 0.1) is 18.2 Å². The maximum absolute atomic E-state index is 12.9. The molecule has 4 rings (SSSR count). The third-order valence-electron chi connectivity index (χ3n) is 5.89. The molecular formula is C24H29NO3. The molecular weight excluding hydrogens is 350 g/mol. The zero-order valence-corrected chi connectivity index (χ0v) is 16.5. The Morgan fingerprint density at radius 2 is 1.75 bits per heavy atom. The van der Waals surface area contributed by atoms with Crippen LogP contribution >= 0.6 is 0 Å². The van der Waals surface area contributed by atoms with Crippen LogP contribution in [0.1, 0.15) is 54.8 Å². The van der Waals surface area contributed by atoms with E-state index in [9.17, 15) is 4.79 Å². The van der Waals surface area contributed by atoms with E-state index in [-0.39, 0.29) is 18.2 Å². The Bertz CT molecular complexity index is 770. The second-order valence-corrected chi connectivity index (χ2v) is 8.00. The lowest BCUT2D eigenvalue weighted by atomic mass is 9.91. The molecule has 2 aromatic carbocycles. The van der Waals surface area contributed by atoms with Crippen LogP contribution < -0.4 is 0 Å². The van der Waals surface area contributed by atoms with Crippen molar-refractivity contribution >= 4 is 6.09 Å². The lowest BCUT2D eigenvalue weighted by Crippen LogP contribution is -2.44. The first-order valence-electron chi connectivity index (χ1n) is 10.4. The van der Waals surface area contributed by atoms with Gasteiger partial charge in [-0.2, -0.15) is 0 Å². The Morgan fingerprint density at radius 3 is 2.43 bits per heavy atom. The van der Waals surface area contributed by atoms with E-state index in [1.54, 1.807) is 0 Å². The van der Waals surface area contributed by atoms with Crippen molar-refractivity contribution in [3.8, 4) is 0 Å². The molecule has 0 N–H and O–H groups in total. The average molecular weight is 380 g/mol. The molecule has 1 saturated heterocycles. The van der Waals surface area contributed by atoms with Gasteiger partial charge in [-0.1, -0.05) is 60.2 Å². The lowest BCUT2D eigenvalue weighted by molar-refractivity contribution is -0.0832. The smallest absolute Gasteiger partial charge is 0.410 e. The van der Waals surface area contributed by atoms with Crippen molar-refractivity contribution < 1.29 is 14.3 Å². The first-order chi connectivity index (χ1) is 13.7. The predicted octanol–water partition coefficient (Wildman–Crippen LogP) is 5.41. The number of hydrogen-bond acceptors (Lipinski definition) is 3. The molecule has 0 bridgehead atoms. The molecule has 4 nitrogen and oxygen atoms in total. The van der Waals surface area contributed by atoms with E-state index in [2.05, 4.69) is 31.2 Å². The quantitative estimate of drug-likeness (QED) is 0.697. The number of ether oxygens (including phenoxy) is 2. The van der Waals surface area contributed by atoms with E-state index in [0.29, 0.717) is 19.3 Å². The number of nitrogens with zero attached hydrogens (tertiary/aromatic N) is 1. The highest BCUT2D eigenvalue weighted by Gasteiger charge is 2.35. The van der Waals surface area contributed by atoms with Gasteiger partial charge in [0.25, 0.3) is 0 Å². The summed E-state index contributed by atoms with van der Waals surface area (Å²) in [5.41, 5.74) is 3.38. The summed E-state index contributed by atoms with van der Waals surface area (Å²) in [4.78, 5) is 14.8. The number of benzene rings is 2. The number of carbonyl (C=O) groups excluding carboxylic acids is 1. The Labute approximate surface area is 167 Å². The zero-order valence-electron chi connectivity index (χ0n) is 16.5. The molecule has 1 saturated carbocycles. The molecule has 1 aliphatic carbocycles. The van der Waals surface area contributed by atoms with Crippen LogP contribution in [0.15, 0.2) is 54.6 Å². The highest BCUT2D eigenvalue weighted by molar-refractivity contribution is 5.68. The summed E-state index contributed by atoms with van der Waals surface area (Å²) in [6.45, 7) is 3.06. The van der Waals surface area contributed by atoms with Gasteiger partial charge in [0.2, 0.25) is 0 Å². The van der Waals surface area contributed by atoms with Gasteiger partial charge >= 0.3 is 6.09 Å². The van der Waals surface area contributed by atoms with E-state index in [4.69, 9.17) is 9.47 Å². The van der Waals surface area contributed by atoms with E-state index < -0.39 is 0 Å². The van der Waals surface area contributed by atoms with Crippen LogP contribution in [0.4, 0.5) is 4.79 Å². The third kappa shape index (κ3) is 4.56. The number of aryl methyl sites for hydroxylation is 1. The minimum absolute atomic E-state index is 0.00250.